The molecule has 1 aliphatic heterocycles. The molecule has 2 fully saturated rings. The topological polar surface area (TPSA) is 21.1 Å². The van der Waals surface area contributed by atoms with Crippen molar-refractivity contribution in [1.82, 2.24) is 14.7 Å². The number of aryl methyl sites for hydroxylation is 1. The molecule has 0 spiro atoms. The van der Waals surface area contributed by atoms with E-state index in [9.17, 15) is 4.39 Å². The van der Waals surface area contributed by atoms with Gasteiger partial charge in [-0.3, -0.25) is 4.90 Å². The number of hydrogen-bond acceptors (Lipinski definition) is 2. The number of piperidine rings is 1. The fourth-order valence-corrected chi connectivity index (χ4v) is 7.29. The molecule has 2 heterocycles. The SMILES string of the molecule is Cc1cc2c(cnn2-c2ccc(F)cc2)cc1C12CN(Cc3ccccc3)CC1C2(C)c1ccccc1. The monoisotopic (exact) mass is 487 g/mol. The quantitative estimate of drug-likeness (QED) is 0.271. The number of halogens is 1. The number of benzene rings is 4. The van der Waals surface area contributed by atoms with Gasteiger partial charge in [0.05, 0.1) is 17.4 Å². The van der Waals surface area contributed by atoms with Gasteiger partial charge >= 0.3 is 0 Å². The molecule has 4 heteroatoms. The van der Waals surface area contributed by atoms with Gasteiger partial charge in [-0.05, 0) is 71.5 Å². The molecule has 37 heavy (non-hydrogen) atoms. The Morgan fingerprint density at radius 1 is 0.919 bits per heavy atom. The Kier molecular flexibility index (Phi) is 4.93. The molecule has 184 valence electrons. The van der Waals surface area contributed by atoms with Crippen molar-refractivity contribution in [3.05, 3.63) is 131 Å². The van der Waals surface area contributed by atoms with Gasteiger partial charge in [0, 0.05) is 35.9 Å². The first-order valence-electron chi connectivity index (χ1n) is 13.1. The van der Waals surface area contributed by atoms with Crippen LogP contribution in [0.1, 0.15) is 29.2 Å². The zero-order chi connectivity index (χ0) is 25.2. The van der Waals surface area contributed by atoms with Crippen LogP contribution in [0, 0.1) is 18.7 Å². The van der Waals surface area contributed by atoms with Gasteiger partial charge in [0.15, 0.2) is 0 Å². The Morgan fingerprint density at radius 3 is 2.35 bits per heavy atom. The summed E-state index contributed by atoms with van der Waals surface area (Å²) in [6.45, 7) is 7.82. The normalized spacial score (nSPS) is 24.9. The highest BCUT2D eigenvalue weighted by Crippen LogP contribution is 2.73. The van der Waals surface area contributed by atoms with Crippen LogP contribution < -0.4 is 0 Å². The standard InChI is InChI=1S/C33H30FN3/c1-23-17-30-25(19-35-37(30)28-15-13-27(34)14-16-28)18-29(23)33-22-36(20-24-9-5-3-6-10-24)21-31(33)32(33,2)26-11-7-4-8-12-26/h3-19,31H,20-22H2,1-2H3. The maximum atomic E-state index is 13.5. The smallest absolute Gasteiger partial charge is 0.123 e. The van der Waals surface area contributed by atoms with Crippen LogP contribution in [-0.2, 0) is 17.4 Å². The summed E-state index contributed by atoms with van der Waals surface area (Å²) < 4.78 is 15.4. The van der Waals surface area contributed by atoms with Gasteiger partial charge in [0.2, 0.25) is 0 Å². The molecule has 1 aromatic heterocycles. The summed E-state index contributed by atoms with van der Waals surface area (Å²) in [5.74, 6) is 0.313. The molecular weight excluding hydrogens is 457 g/mol. The van der Waals surface area contributed by atoms with Gasteiger partial charge in [-0.15, -0.1) is 0 Å². The van der Waals surface area contributed by atoms with E-state index in [-0.39, 0.29) is 16.6 Å². The van der Waals surface area contributed by atoms with E-state index in [1.807, 2.05) is 10.9 Å². The number of hydrogen-bond donors (Lipinski definition) is 0. The summed E-state index contributed by atoms with van der Waals surface area (Å²) in [4.78, 5) is 2.64. The number of likely N-dealkylation sites (tertiary alicyclic amines) is 1. The third kappa shape index (κ3) is 3.25. The lowest BCUT2D eigenvalue weighted by atomic mass is 9.80. The summed E-state index contributed by atoms with van der Waals surface area (Å²) in [5, 5.41) is 5.82. The maximum Gasteiger partial charge on any atom is 0.123 e. The Morgan fingerprint density at radius 2 is 1.62 bits per heavy atom. The van der Waals surface area contributed by atoms with Gasteiger partial charge in [-0.1, -0.05) is 67.6 Å². The molecule has 2 aliphatic rings. The van der Waals surface area contributed by atoms with E-state index >= 15 is 0 Å². The average Bonchev–Trinajstić information content (AvgIpc) is 3.25. The molecule has 4 aromatic carbocycles. The molecule has 0 bridgehead atoms. The largest absolute Gasteiger partial charge is 0.298 e. The summed E-state index contributed by atoms with van der Waals surface area (Å²) in [6, 6.07) is 33.1. The molecule has 0 radical (unpaired) electrons. The summed E-state index contributed by atoms with van der Waals surface area (Å²) in [6.07, 6.45) is 1.95. The van der Waals surface area contributed by atoms with Crippen LogP contribution in [0.3, 0.4) is 0 Å². The van der Waals surface area contributed by atoms with Crippen LogP contribution in [0.25, 0.3) is 16.6 Å². The zero-order valence-electron chi connectivity index (χ0n) is 21.2. The number of aromatic nitrogens is 2. The Labute approximate surface area is 217 Å². The van der Waals surface area contributed by atoms with Gasteiger partial charge in [-0.25, -0.2) is 9.07 Å². The van der Waals surface area contributed by atoms with E-state index in [4.69, 9.17) is 0 Å². The zero-order valence-corrected chi connectivity index (χ0v) is 21.2. The fraction of sp³-hybridized carbons (Fsp3) is 0.242. The second kappa shape index (κ2) is 8.12. The lowest BCUT2D eigenvalue weighted by Gasteiger charge is -2.31. The van der Waals surface area contributed by atoms with Crippen molar-refractivity contribution in [2.24, 2.45) is 5.92 Å². The average molecular weight is 488 g/mol. The first kappa shape index (κ1) is 22.4. The van der Waals surface area contributed by atoms with Crippen molar-refractivity contribution < 1.29 is 4.39 Å². The molecule has 1 saturated heterocycles. The van der Waals surface area contributed by atoms with Gasteiger partial charge in [-0.2, -0.15) is 5.10 Å². The van der Waals surface area contributed by atoms with Crippen molar-refractivity contribution in [2.75, 3.05) is 13.1 Å². The second-order valence-electron chi connectivity index (χ2n) is 11.0. The maximum absolute atomic E-state index is 13.5. The van der Waals surface area contributed by atoms with Crippen molar-refractivity contribution in [3.8, 4) is 5.69 Å². The molecule has 3 atom stereocenters. The third-order valence-corrected chi connectivity index (χ3v) is 9.14. The lowest BCUT2D eigenvalue weighted by Crippen LogP contribution is -2.34. The first-order chi connectivity index (χ1) is 18.0. The van der Waals surface area contributed by atoms with E-state index < -0.39 is 0 Å². The summed E-state index contributed by atoms with van der Waals surface area (Å²) in [5.41, 5.74) is 7.60. The minimum absolute atomic E-state index is 0.0549. The minimum atomic E-state index is -0.237. The van der Waals surface area contributed by atoms with Crippen molar-refractivity contribution >= 4 is 10.9 Å². The predicted octanol–water partition coefficient (Wildman–Crippen LogP) is 6.81. The van der Waals surface area contributed by atoms with E-state index in [2.05, 4.69) is 96.6 Å². The molecule has 5 aromatic rings. The summed E-state index contributed by atoms with van der Waals surface area (Å²) >= 11 is 0. The van der Waals surface area contributed by atoms with Gasteiger partial charge in [0.25, 0.3) is 0 Å². The van der Waals surface area contributed by atoms with E-state index in [0.717, 1.165) is 36.2 Å². The van der Waals surface area contributed by atoms with Crippen LogP contribution in [0.2, 0.25) is 0 Å². The van der Waals surface area contributed by atoms with Gasteiger partial charge in [0.1, 0.15) is 5.82 Å². The number of fused-ring (bicyclic) bond motifs is 2. The lowest BCUT2D eigenvalue weighted by molar-refractivity contribution is 0.260. The molecule has 7 rings (SSSR count). The van der Waals surface area contributed by atoms with Crippen LogP contribution >= 0.6 is 0 Å². The van der Waals surface area contributed by atoms with E-state index in [0.29, 0.717) is 5.92 Å². The van der Waals surface area contributed by atoms with Crippen molar-refractivity contribution in [2.45, 2.75) is 31.2 Å². The van der Waals surface area contributed by atoms with Crippen LogP contribution in [0.4, 0.5) is 4.39 Å². The fourth-order valence-electron chi connectivity index (χ4n) is 7.29. The summed E-state index contributed by atoms with van der Waals surface area (Å²) in [7, 11) is 0. The van der Waals surface area contributed by atoms with Crippen LogP contribution in [0.15, 0.2) is 103 Å². The van der Waals surface area contributed by atoms with Crippen molar-refractivity contribution in [1.29, 1.82) is 0 Å². The van der Waals surface area contributed by atoms with Crippen LogP contribution in [-0.4, -0.2) is 27.8 Å². The second-order valence-corrected chi connectivity index (χ2v) is 11.0. The third-order valence-electron chi connectivity index (χ3n) is 9.14. The minimum Gasteiger partial charge on any atom is -0.298 e. The molecule has 0 N–H and O–H groups in total. The molecule has 0 amide bonds. The highest BCUT2D eigenvalue weighted by Gasteiger charge is 2.78. The van der Waals surface area contributed by atoms with Crippen molar-refractivity contribution in [3.63, 3.8) is 0 Å². The Hall–Kier alpha value is -3.76. The highest BCUT2D eigenvalue weighted by molar-refractivity contribution is 5.83. The molecule has 1 aliphatic carbocycles. The molecule has 3 nitrogen and oxygen atoms in total. The van der Waals surface area contributed by atoms with Gasteiger partial charge < -0.3 is 0 Å². The molecule has 3 unspecified atom stereocenters. The number of rotatable bonds is 5. The number of nitrogens with zero attached hydrogens (tertiary/aromatic N) is 3. The molecule has 1 saturated carbocycles. The van der Waals surface area contributed by atoms with E-state index in [1.54, 1.807) is 12.1 Å². The molecular formula is C33H30FN3. The predicted molar refractivity (Wildman–Crippen MR) is 146 cm³/mol. The Balaban J connectivity index is 1.32. The first-order valence-corrected chi connectivity index (χ1v) is 13.1. The Bertz CT molecular complexity index is 1590. The van der Waals surface area contributed by atoms with Crippen LogP contribution in [0.5, 0.6) is 0 Å². The van der Waals surface area contributed by atoms with E-state index in [1.165, 1.54) is 34.4 Å². The highest BCUT2D eigenvalue weighted by atomic mass is 19.1.